The van der Waals surface area contributed by atoms with Gasteiger partial charge in [0.2, 0.25) is 0 Å². The topological polar surface area (TPSA) is 49.8 Å². The lowest BCUT2D eigenvalue weighted by Crippen LogP contribution is -2.30. The van der Waals surface area contributed by atoms with Crippen molar-refractivity contribution in [3.8, 4) is 0 Å². The fourth-order valence-corrected chi connectivity index (χ4v) is 2.76. The molecule has 0 aromatic carbocycles. The van der Waals surface area contributed by atoms with Crippen LogP contribution >= 0.6 is 0 Å². The second-order valence-corrected chi connectivity index (χ2v) is 5.57. The normalized spacial score (nSPS) is 23.1. The Bertz CT molecular complexity index is 405. The minimum atomic E-state index is 0.558. The van der Waals surface area contributed by atoms with Gasteiger partial charge in [-0.15, -0.1) is 0 Å². The Kier molecular flexibility index (Phi) is 5.00. The van der Waals surface area contributed by atoms with Crippen LogP contribution in [0.5, 0.6) is 0 Å². The lowest BCUT2D eigenvalue weighted by Gasteiger charge is -2.30. The summed E-state index contributed by atoms with van der Waals surface area (Å²) in [4.78, 5) is 9.13. The largest absolute Gasteiger partial charge is 0.373 e. The van der Waals surface area contributed by atoms with Crippen molar-refractivity contribution in [2.75, 3.05) is 17.7 Å². The summed E-state index contributed by atoms with van der Waals surface area (Å²) in [7, 11) is 1.91. The van der Waals surface area contributed by atoms with Gasteiger partial charge in [-0.05, 0) is 25.2 Å². The summed E-state index contributed by atoms with van der Waals surface area (Å²) in [6.45, 7) is 4.50. The Morgan fingerprint density at radius 2 is 1.95 bits per heavy atom. The van der Waals surface area contributed by atoms with Crippen molar-refractivity contribution in [2.45, 2.75) is 58.4 Å². The van der Waals surface area contributed by atoms with Gasteiger partial charge >= 0.3 is 0 Å². The van der Waals surface area contributed by atoms with E-state index in [0.29, 0.717) is 6.04 Å². The summed E-state index contributed by atoms with van der Waals surface area (Å²) in [5, 5.41) is 6.74. The molecule has 0 amide bonds. The van der Waals surface area contributed by atoms with E-state index in [4.69, 9.17) is 0 Å². The highest BCUT2D eigenvalue weighted by molar-refractivity contribution is 5.47. The summed E-state index contributed by atoms with van der Waals surface area (Å²) in [5.41, 5.74) is 0. The summed E-state index contributed by atoms with van der Waals surface area (Å²) in [6, 6.07) is 2.57. The van der Waals surface area contributed by atoms with Crippen molar-refractivity contribution in [3.63, 3.8) is 0 Å². The van der Waals surface area contributed by atoms with Crippen LogP contribution in [0, 0.1) is 5.92 Å². The van der Waals surface area contributed by atoms with Crippen LogP contribution in [-0.4, -0.2) is 23.1 Å². The highest BCUT2D eigenvalue weighted by atomic mass is 15.1. The number of rotatable bonds is 5. The van der Waals surface area contributed by atoms with Gasteiger partial charge in [0.15, 0.2) is 0 Å². The van der Waals surface area contributed by atoms with Gasteiger partial charge in [-0.2, -0.15) is 0 Å². The molecule has 2 N–H and O–H groups in total. The number of aromatic nitrogens is 2. The molecule has 0 radical (unpaired) electrons. The molecule has 1 aliphatic carbocycles. The van der Waals surface area contributed by atoms with Gasteiger partial charge in [-0.25, -0.2) is 9.97 Å². The predicted molar refractivity (Wildman–Crippen MR) is 80.6 cm³/mol. The summed E-state index contributed by atoms with van der Waals surface area (Å²) in [6.07, 6.45) is 7.28. The standard InChI is InChI=1S/C15H26N4/c1-4-7-13-18-14(16-3)10-15(19-13)17-12-9-6-5-8-11(12)2/h10-12H,4-9H2,1-3H3,(H2,16,17,18,19). The maximum Gasteiger partial charge on any atom is 0.133 e. The minimum Gasteiger partial charge on any atom is -0.373 e. The summed E-state index contributed by atoms with van der Waals surface area (Å²) < 4.78 is 0. The zero-order chi connectivity index (χ0) is 13.7. The van der Waals surface area contributed by atoms with E-state index in [1.807, 2.05) is 13.1 Å². The molecule has 1 aliphatic rings. The molecule has 1 heterocycles. The molecule has 0 spiro atoms. The van der Waals surface area contributed by atoms with E-state index in [2.05, 4.69) is 34.4 Å². The number of hydrogen-bond acceptors (Lipinski definition) is 4. The molecule has 19 heavy (non-hydrogen) atoms. The van der Waals surface area contributed by atoms with E-state index in [9.17, 15) is 0 Å². The fraction of sp³-hybridized carbons (Fsp3) is 0.733. The molecule has 4 nitrogen and oxygen atoms in total. The smallest absolute Gasteiger partial charge is 0.133 e. The van der Waals surface area contributed by atoms with Gasteiger partial charge in [-0.1, -0.05) is 26.7 Å². The quantitative estimate of drug-likeness (QED) is 0.853. The van der Waals surface area contributed by atoms with Crippen molar-refractivity contribution >= 4 is 11.6 Å². The van der Waals surface area contributed by atoms with Crippen molar-refractivity contribution in [1.82, 2.24) is 9.97 Å². The first-order valence-electron chi connectivity index (χ1n) is 7.55. The molecular formula is C15H26N4. The number of hydrogen-bond donors (Lipinski definition) is 2. The molecule has 0 bridgehead atoms. The Balaban J connectivity index is 2.11. The monoisotopic (exact) mass is 262 g/mol. The van der Waals surface area contributed by atoms with Crippen LogP contribution in [0.2, 0.25) is 0 Å². The molecule has 106 valence electrons. The van der Waals surface area contributed by atoms with E-state index in [1.54, 1.807) is 0 Å². The summed E-state index contributed by atoms with van der Waals surface area (Å²) in [5.74, 6) is 3.54. The number of anilines is 2. The first-order valence-corrected chi connectivity index (χ1v) is 7.55. The van der Waals surface area contributed by atoms with Crippen LogP contribution in [0.4, 0.5) is 11.6 Å². The molecule has 0 aliphatic heterocycles. The third-order valence-corrected chi connectivity index (χ3v) is 3.95. The van der Waals surface area contributed by atoms with E-state index >= 15 is 0 Å². The second kappa shape index (κ2) is 6.73. The molecule has 1 aromatic heterocycles. The molecule has 1 fully saturated rings. The maximum absolute atomic E-state index is 4.64. The predicted octanol–water partition coefficient (Wildman–Crippen LogP) is 3.46. The number of nitrogens with zero attached hydrogens (tertiary/aromatic N) is 2. The van der Waals surface area contributed by atoms with Gasteiger partial charge in [0.05, 0.1) is 0 Å². The van der Waals surface area contributed by atoms with Crippen LogP contribution in [-0.2, 0) is 6.42 Å². The molecule has 2 rings (SSSR count). The van der Waals surface area contributed by atoms with Gasteiger partial charge in [0.1, 0.15) is 17.5 Å². The van der Waals surface area contributed by atoms with Crippen molar-refractivity contribution in [2.24, 2.45) is 5.92 Å². The first-order chi connectivity index (χ1) is 9.22. The Morgan fingerprint density at radius 1 is 1.21 bits per heavy atom. The maximum atomic E-state index is 4.64. The zero-order valence-corrected chi connectivity index (χ0v) is 12.4. The lowest BCUT2D eigenvalue weighted by molar-refractivity contribution is 0.349. The van der Waals surface area contributed by atoms with Gasteiger partial charge in [0.25, 0.3) is 0 Å². The highest BCUT2D eigenvalue weighted by Gasteiger charge is 2.21. The zero-order valence-electron chi connectivity index (χ0n) is 12.4. The first kappa shape index (κ1) is 14.1. The Hall–Kier alpha value is -1.32. The SMILES string of the molecule is CCCc1nc(NC)cc(NC2CCCCC2C)n1. The van der Waals surface area contributed by atoms with Crippen LogP contribution in [0.3, 0.4) is 0 Å². The van der Waals surface area contributed by atoms with Crippen LogP contribution in [0.15, 0.2) is 6.07 Å². The average Bonchev–Trinajstić information content (AvgIpc) is 2.41. The van der Waals surface area contributed by atoms with E-state index < -0.39 is 0 Å². The molecular weight excluding hydrogens is 236 g/mol. The van der Waals surface area contributed by atoms with E-state index in [0.717, 1.165) is 36.2 Å². The van der Waals surface area contributed by atoms with Crippen molar-refractivity contribution in [1.29, 1.82) is 0 Å². The highest BCUT2D eigenvalue weighted by Crippen LogP contribution is 2.26. The second-order valence-electron chi connectivity index (χ2n) is 5.57. The van der Waals surface area contributed by atoms with Gasteiger partial charge in [-0.3, -0.25) is 0 Å². The van der Waals surface area contributed by atoms with Crippen molar-refractivity contribution in [3.05, 3.63) is 11.9 Å². The number of aryl methyl sites for hydroxylation is 1. The minimum absolute atomic E-state index is 0.558. The molecule has 2 unspecified atom stereocenters. The average molecular weight is 262 g/mol. The Labute approximate surface area is 116 Å². The van der Waals surface area contributed by atoms with Gasteiger partial charge in [0, 0.05) is 25.6 Å². The Morgan fingerprint density at radius 3 is 2.63 bits per heavy atom. The molecule has 0 saturated heterocycles. The van der Waals surface area contributed by atoms with E-state index in [1.165, 1.54) is 25.7 Å². The van der Waals surface area contributed by atoms with Crippen LogP contribution in [0.1, 0.15) is 51.8 Å². The fourth-order valence-electron chi connectivity index (χ4n) is 2.76. The molecule has 1 aromatic rings. The summed E-state index contributed by atoms with van der Waals surface area (Å²) >= 11 is 0. The lowest BCUT2D eigenvalue weighted by atomic mass is 9.86. The third kappa shape index (κ3) is 3.82. The van der Waals surface area contributed by atoms with Crippen LogP contribution in [0.25, 0.3) is 0 Å². The van der Waals surface area contributed by atoms with Gasteiger partial charge < -0.3 is 10.6 Å². The number of nitrogens with one attached hydrogen (secondary N) is 2. The van der Waals surface area contributed by atoms with Crippen LogP contribution < -0.4 is 10.6 Å². The van der Waals surface area contributed by atoms with Crippen molar-refractivity contribution < 1.29 is 0 Å². The van der Waals surface area contributed by atoms with E-state index in [-0.39, 0.29) is 0 Å². The molecule has 2 atom stereocenters. The molecule has 4 heteroatoms. The molecule has 1 saturated carbocycles. The third-order valence-electron chi connectivity index (χ3n) is 3.95.